The zero-order valence-electron chi connectivity index (χ0n) is 17.3. The Labute approximate surface area is 159 Å². The van der Waals surface area contributed by atoms with Crippen LogP contribution in [0.2, 0.25) is 0 Å². The van der Waals surface area contributed by atoms with E-state index in [2.05, 4.69) is 9.80 Å². The van der Waals surface area contributed by atoms with Crippen molar-refractivity contribution in [2.75, 3.05) is 39.3 Å². The Morgan fingerprint density at radius 3 is 1.19 bits per heavy atom. The molecule has 6 heteroatoms. The van der Waals surface area contributed by atoms with Crippen molar-refractivity contribution in [2.45, 2.75) is 84.2 Å². The van der Waals surface area contributed by atoms with Gasteiger partial charge in [0.05, 0.1) is 24.4 Å². The Bertz CT molecular complexity index is 321. The molecule has 0 spiro atoms. The Hall–Kier alpha value is -0.240. The minimum atomic E-state index is -0.430. The zero-order chi connectivity index (χ0) is 19.7. The van der Waals surface area contributed by atoms with Crippen molar-refractivity contribution in [3.05, 3.63) is 0 Å². The third-order valence-electron chi connectivity index (χ3n) is 5.12. The second-order valence-corrected chi connectivity index (χ2v) is 8.84. The summed E-state index contributed by atoms with van der Waals surface area (Å²) in [5.74, 6) is 0. The maximum Gasteiger partial charge on any atom is 0.0639 e. The molecular formula is C20H42N2O4. The molecule has 1 saturated carbocycles. The fourth-order valence-electron chi connectivity index (χ4n) is 4.52. The fourth-order valence-corrected chi connectivity index (χ4v) is 4.52. The van der Waals surface area contributed by atoms with Gasteiger partial charge in [0.1, 0.15) is 0 Å². The van der Waals surface area contributed by atoms with Gasteiger partial charge in [-0.05, 0) is 46.0 Å². The molecule has 1 fully saturated rings. The van der Waals surface area contributed by atoms with Gasteiger partial charge in [0.2, 0.25) is 0 Å². The molecule has 4 unspecified atom stereocenters. The third kappa shape index (κ3) is 9.62. The van der Waals surface area contributed by atoms with E-state index < -0.39 is 24.4 Å². The maximum atomic E-state index is 9.87. The molecule has 0 aromatic rings. The van der Waals surface area contributed by atoms with Crippen LogP contribution in [-0.4, -0.2) is 93.9 Å². The van der Waals surface area contributed by atoms with E-state index >= 15 is 0 Å². The molecule has 6 nitrogen and oxygen atoms in total. The quantitative estimate of drug-likeness (QED) is 0.409. The van der Waals surface area contributed by atoms with Gasteiger partial charge in [0.15, 0.2) is 0 Å². The summed E-state index contributed by atoms with van der Waals surface area (Å²) in [7, 11) is 0. The normalized spacial score (nSPS) is 22.4. The van der Waals surface area contributed by atoms with Crippen molar-refractivity contribution in [2.24, 2.45) is 5.41 Å². The molecule has 156 valence electrons. The second-order valence-electron chi connectivity index (χ2n) is 8.84. The molecule has 0 radical (unpaired) electrons. The molecule has 4 N–H and O–H groups in total. The Morgan fingerprint density at radius 1 is 0.615 bits per heavy atom. The van der Waals surface area contributed by atoms with E-state index in [0.717, 1.165) is 25.9 Å². The topological polar surface area (TPSA) is 87.4 Å². The van der Waals surface area contributed by atoms with Crippen molar-refractivity contribution in [1.29, 1.82) is 0 Å². The summed E-state index contributed by atoms with van der Waals surface area (Å²) in [6.07, 6.45) is 4.13. The summed E-state index contributed by atoms with van der Waals surface area (Å²) >= 11 is 0. The average molecular weight is 375 g/mol. The monoisotopic (exact) mass is 374 g/mol. The lowest BCUT2D eigenvalue weighted by Crippen LogP contribution is -2.51. The lowest BCUT2D eigenvalue weighted by molar-refractivity contribution is 0.00216. The summed E-state index contributed by atoms with van der Waals surface area (Å²) < 4.78 is 0. The zero-order valence-corrected chi connectivity index (χ0v) is 17.3. The minimum absolute atomic E-state index is 0.0752. The fraction of sp³-hybridized carbons (Fsp3) is 1.00. The van der Waals surface area contributed by atoms with Crippen LogP contribution in [0.3, 0.4) is 0 Å². The molecule has 0 amide bonds. The van der Waals surface area contributed by atoms with Crippen LogP contribution in [-0.2, 0) is 0 Å². The van der Waals surface area contributed by atoms with E-state index in [1.54, 1.807) is 27.7 Å². The van der Waals surface area contributed by atoms with Gasteiger partial charge in [-0.2, -0.15) is 0 Å². The SMILES string of the molecule is CC(O)CN(CC(C)O)CC1(CN(CC(C)O)CC(C)O)CCCCC1. The van der Waals surface area contributed by atoms with Crippen LogP contribution in [0, 0.1) is 5.41 Å². The molecule has 1 aliphatic rings. The first-order valence-corrected chi connectivity index (χ1v) is 10.3. The molecule has 0 aromatic carbocycles. The smallest absolute Gasteiger partial charge is 0.0639 e. The highest BCUT2D eigenvalue weighted by Crippen LogP contribution is 2.38. The van der Waals surface area contributed by atoms with Gasteiger partial charge < -0.3 is 20.4 Å². The highest BCUT2D eigenvalue weighted by Gasteiger charge is 2.36. The Morgan fingerprint density at radius 2 is 0.923 bits per heavy atom. The molecule has 0 heterocycles. The number of aliphatic hydroxyl groups is 4. The summed E-state index contributed by atoms with van der Waals surface area (Å²) in [6.45, 7) is 11.0. The van der Waals surface area contributed by atoms with Gasteiger partial charge in [-0.15, -0.1) is 0 Å². The Kier molecular flexibility index (Phi) is 10.6. The molecule has 4 atom stereocenters. The van der Waals surface area contributed by atoms with Gasteiger partial charge in [0, 0.05) is 39.3 Å². The summed E-state index contributed by atoms with van der Waals surface area (Å²) in [6, 6.07) is 0. The molecule has 0 aliphatic heterocycles. The van der Waals surface area contributed by atoms with Crippen LogP contribution in [0.15, 0.2) is 0 Å². The van der Waals surface area contributed by atoms with Crippen LogP contribution in [0.5, 0.6) is 0 Å². The van der Waals surface area contributed by atoms with E-state index in [0.29, 0.717) is 26.2 Å². The highest BCUT2D eigenvalue weighted by atomic mass is 16.3. The number of hydrogen-bond acceptors (Lipinski definition) is 6. The standard InChI is InChI=1S/C20H42N2O4/c1-16(23)10-21(11-17(2)24)14-20(8-6-5-7-9-20)15-22(12-18(3)25)13-19(4)26/h16-19,23-26H,5-15H2,1-4H3. The summed E-state index contributed by atoms with van der Waals surface area (Å²) in [4.78, 5) is 4.37. The van der Waals surface area contributed by atoms with Crippen LogP contribution < -0.4 is 0 Å². The maximum absolute atomic E-state index is 9.87. The minimum Gasteiger partial charge on any atom is -0.392 e. The first-order valence-electron chi connectivity index (χ1n) is 10.3. The van der Waals surface area contributed by atoms with Crippen LogP contribution >= 0.6 is 0 Å². The van der Waals surface area contributed by atoms with Crippen molar-refractivity contribution in [3.8, 4) is 0 Å². The number of rotatable bonds is 12. The molecule has 0 bridgehead atoms. The number of aliphatic hydroxyl groups excluding tert-OH is 4. The molecule has 0 aromatic heterocycles. The summed E-state index contributed by atoms with van der Waals surface area (Å²) in [5, 5.41) is 39.5. The molecule has 26 heavy (non-hydrogen) atoms. The lowest BCUT2D eigenvalue weighted by Gasteiger charge is -2.45. The van der Waals surface area contributed by atoms with Gasteiger partial charge >= 0.3 is 0 Å². The predicted octanol–water partition coefficient (Wildman–Crippen LogP) is 1.06. The average Bonchev–Trinajstić information content (AvgIpc) is 2.44. The largest absolute Gasteiger partial charge is 0.392 e. The van der Waals surface area contributed by atoms with Crippen LogP contribution in [0.1, 0.15) is 59.8 Å². The lowest BCUT2D eigenvalue weighted by atomic mass is 9.73. The van der Waals surface area contributed by atoms with Crippen molar-refractivity contribution in [1.82, 2.24) is 9.80 Å². The van der Waals surface area contributed by atoms with E-state index in [1.165, 1.54) is 19.3 Å². The van der Waals surface area contributed by atoms with E-state index in [-0.39, 0.29) is 5.41 Å². The van der Waals surface area contributed by atoms with Crippen molar-refractivity contribution >= 4 is 0 Å². The molecule has 0 saturated heterocycles. The second kappa shape index (κ2) is 11.6. The Balaban J connectivity index is 2.91. The van der Waals surface area contributed by atoms with E-state index in [4.69, 9.17) is 0 Å². The van der Waals surface area contributed by atoms with Crippen LogP contribution in [0.25, 0.3) is 0 Å². The molecular weight excluding hydrogens is 332 g/mol. The van der Waals surface area contributed by atoms with Crippen LogP contribution in [0.4, 0.5) is 0 Å². The first-order chi connectivity index (χ1) is 12.1. The first kappa shape index (κ1) is 23.8. The van der Waals surface area contributed by atoms with Crippen molar-refractivity contribution in [3.63, 3.8) is 0 Å². The number of nitrogens with zero attached hydrogens (tertiary/aromatic N) is 2. The molecule has 1 rings (SSSR count). The van der Waals surface area contributed by atoms with E-state index in [1.807, 2.05) is 0 Å². The van der Waals surface area contributed by atoms with Gasteiger partial charge in [-0.1, -0.05) is 19.3 Å². The van der Waals surface area contributed by atoms with Crippen molar-refractivity contribution < 1.29 is 20.4 Å². The summed E-state index contributed by atoms with van der Waals surface area (Å²) in [5.41, 5.74) is 0.0752. The number of hydrogen-bond donors (Lipinski definition) is 4. The van der Waals surface area contributed by atoms with Gasteiger partial charge in [0.25, 0.3) is 0 Å². The third-order valence-corrected chi connectivity index (χ3v) is 5.12. The van der Waals surface area contributed by atoms with E-state index in [9.17, 15) is 20.4 Å². The molecule has 1 aliphatic carbocycles. The van der Waals surface area contributed by atoms with Gasteiger partial charge in [-0.25, -0.2) is 0 Å². The predicted molar refractivity (Wildman–Crippen MR) is 105 cm³/mol. The van der Waals surface area contributed by atoms with Gasteiger partial charge in [-0.3, -0.25) is 9.80 Å². The highest BCUT2D eigenvalue weighted by molar-refractivity contribution is 4.90.